The maximum absolute atomic E-state index is 14.8. The van der Waals surface area contributed by atoms with E-state index in [9.17, 15) is 26.3 Å². The first-order chi connectivity index (χ1) is 25.3. The molecule has 14 heteroatoms. The monoisotopic (exact) mass is 818 g/mol. The number of thioether (sulfide) groups is 4. The van der Waals surface area contributed by atoms with Crippen LogP contribution in [0.2, 0.25) is 0 Å². The molecule has 294 valence electrons. The number of halogens is 6. The van der Waals surface area contributed by atoms with Crippen molar-refractivity contribution in [2.75, 3.05) is 0 Å². The van der Waals surface area contributed by atoms with Crippen LogP contribution < -0.4 is 0 Å². The predicted molar refractivity (Wildman–Crippen MR) is 211 cm³/mol. The molecule has 5 saturated carbocycles. The van der Waals surface area contributed by atoms with Gasteiger partial charge in [0, 0.05) is 38.8 Å². The van der Waals surface area contributed by atoms with E-state index in [0.29, 0.717) is 70.6 Å². The molecule has 0 bridgehead atoms. The Labute approximate surface area is 327 Å². The van der Waals surface area contributed by atoms with Crippen molar-refractivity contribution in [3.05, 3.63) is 0 Å². The van der Waals surface area contributed by atoms with Gasteiger partial charge in [0.05, 0.1) is 44.3 Å². The Morgan fingerprint density at radius 2 is 0.774 bits per heavy atom. The van der Waals surface area contributed by atoms with E-state index in [2.05, 4.69) is 18.7 Å². The Morgan fingerprint density at radius 1 is 0.453 bits per heavy atom. The lowest BCUT2D eigenvalue weighted by Crippen LogP contribution is -2.60. The van der Waals surface area contributed by atoms with E-state index in [1.165, 1.54) is 53.7 Å². The summed E-state index contributed by atoms with van der Waals surface area (Å²) in [5.41, 5.74) is -3.61. The normalized spacial score (nSPS) is 44.7. The molecule has 53 heavy (non-hydrogen) atoms. The number of hydrogen-bond donors (Lipinski definition) is 0. The highest BCUT2D eigenvalue weighted by molar-refractivity contribution is 8.15. The summed E-state index contributed by atoms with van der Waals surface area (Å²) in [5, 5.41) is 6.93. The zero-order valence-electron chi connectivity index (χ0n) is 30.6. The van der Waals surface area contributed by atoms with Gasteiger partial charge in [-0.3, -0.25) is 20.0 Å². The average molecular weight is 819 g/mol. The van der Waals surface area contributed by atoms with Crippen molar-refractivity contribution < 1.29 is 26.3 Å². The molecule has 0 spiro atoms. The second-order valence-electron chi connectivity index (χ2n) is 17.8. The number of nitrogens with zero attached hydrogens (tertiary/aromatic N) is 4. The van der Waals surface area contributed by atoms with E-state index < -0.39 is 29.6 Å². The Hall–Kier alpha value is -0.340. The van der Waals surface area contributed by atoms with Gasteiger partial charge in [0.25, 0.3) is 0 Å². The van der Waals surface area contributed by atoms with Gasteiger partial charge in [-0.25, -0.2) is 0 Å². The van der Waals surface area contributed by atoms with Gasteiger partial charge in [-0.2, -0.15) is 26.3 Å². The SMILES string of the molecule is CC1=NC2CC3SC(C4CCC(C5=NC6CC7SC(C8CCC(C(C9CCC(C)CC9)(C(F)(F)F)C(F)(F)F)CC8)=NC7CC6S5)CC4)=NC3CC2S1. The summed E-state index contributed by atoms with van der Waals surface area (Å²) in [7, 11) is 0. The van der Waals surface area contributed by atoms with Crippen LogP contribution in [0.5, 0.6) is 0 Å². The molecule has 0 aromatic carbocycles. The number of hydrogen-bond acceptors (Lipinski definition) is 8. The third-order valence-electron chi connectivity index (χ3n) is 14.7. The van der Waals surface area contributed by atoms with E-state index in [1.807, 2.05) is 30.4 Å². The molecule has 5 fully saturated rings. The van der Waals surface area contributed by atoms with Gasteiger partial charge in [0.2, 0.25) is 0 Å². The highest BCUT2D eigenvalue weighted by atomic mass is 32.2. The van der Waals surface area contributed by atoms with Crippen molar-refractivity contribution in [1.82, 2.24) is 0 Å². The largest absolute Gasteiger partial charge is 0.403 e. The molecule has 0 saturated heterocycles. The minimum Gasteiger partial charge on any atom is -0.279 e. The van der Waals surface area contributed by atoms with Crippen molar-refractivity contribution in [2.24, 2.45) is 60.9 Å². The molecular weight excluding hydrogens is 767 g/mol. The van der Waals surface area contributed by atoms with Gasteiger partial charge in [-0.15, -0.1) is 47.0 Å². The Balaban J connectivity index is 0.776. The molecular formula is C39H52F6N4S4. The van der Waals surface area contributed by atoms with Gasteiger partial charge in [-0.05, 0) is 115 Å². The molecule has 0 amide bonds. The summed E-state index contributed by atoms with van der Waals surface area (Å²) in [5.74, 6) is -1.54. The van der Waals surface area contributed by atoms with Crippen LogP contribution in [0.3, 0.4) is 0 Å². The second-order valence-corrected chi connectivity index (χ2v) is 23.0. The first-order valence-electron chi connectivity index (χ1n) is 20.3. The first kappa shape index (κ1) is 38.2. The van der Waals surface area contributed by atoms with E-state index in [-0.39, 0.29) is 49.6 Å². The Morgan fingerprint density at radius 3 is 1.15 bits per heavy atom. The molecule has 0 N–H and O–H groups in total. The predicted octanol–water partition coefficient (Wildman–Crippen LogP) is 11.7. The molecule has 4 aliphatic heterocycles. The van der Waals surface area contributed by atoms with Crippen LogP contribution in [0.15, 0.2) is 20.0 Å². The molecule has 5 aliphatic carbocycles. The number of rotatable bonds is 5. The lowest BCUT2D eigenvalue weighted by molar-refractivity contribution is -0.382. The van der Waals surface area contributed by atoms with Crippen molar-refractivity contribution >= 4 is 67.2 Å². The van der Waals surface area contributed by atoms with Gasteiger partial charge in [0.15, 0.2) is 5.41 Å². The lowest BCUT2D eigenvalue weighted by Gasteiger charge is -2.51. The fraction of sp³-hybridized carbons (Fsp3) is 0.897. The number of fused-ring (bicyclic) bond motifs is 4. The topological polar surface area (TPSA) is 49.4 Å². The summed E-state index contributed by atoms with van der Waals surface area (Å²) >= 11 is 7.76. The van der Waals surface area contributed by atoms with Gasteiger partial charge < -0.3 is 0 Å². The molecule has 8 atom stereocenters. The average Bonchev–Trinajstić information content (AvgIpc) is 3.90. The quantitative estimate of drug-likeness (QED) is 0.259. The summed E-state index contributed by atoms with van der Waals surface area (Å²) in [6.45, 7) is 4.07. The van der Waals surface area contributed by atoms with Crippen LogP contribution in [0.25, 0.3) is 0 Å². The molecule has 4 heterocycles. The van der Waals surface area contributed by atoms with E-state index in [1.54, 1.807) is 11.8 Å². The summed E-state index contributed by atoms with van der Waals surface area (Å²) in [4.78, 5) is 20.7. The summed E-state index contributed by atoms with van der Waals surface area (Å²) < 4.78 is 88.8. The molecule has 9 aliphatic rings. The summed E-state index contributed by atoms with van der Waals surface area (Å²) in [6.07, 6.45) is -0.130. The van der Waals surface area contributed by atoms with Crippen LogP contribution in [-0.4, -0.2) is 77.7 Å². The summed E-state index contributed by atoms with van der Waals surface area (Å²) in [6, 6.07) is 1.41. The minimum absolute atomic E-state index is 0.00390. The minimum atomic E-state index is -5.31. The van der Waals surface area contributed by atoms with Crippen molar-refractivity contribution in [3.8, 4) is 0 Å². The van der Waals surface area contributed by atoms with E-state index >= 15 is 0 Å². The number of alkyl halides is 6. The maximum Gasteiger partial charge on any atom is 0.403 e. The van der Waals surface area contributed by atoms with Gasteiger partial charge in [0.1, 0.15) is 0 Å². The standard InChI is InChI=1S/C39H52F6N4S4/c1-19-3-11-24(12-4-19)37(38(40,41)42,39(43,44)45)25-13-9-23(10-14-25)36-49-29-18-32-28(17-33(29)53-36)48-35(52-32)22-7-5-21(6-8-22)34-47-27-16-30-26(15-31(27)51-34)46-20(2)50-30/h19,21-33H,3-18H2,1-2H3. The van der Waals surface area contributed by atoms with Crippen molar-refractivity contribution in [1.29, 1.82) is 0 Å². The fourth-order valence-corrected chi connectivity index (χ4v) is 17.8. The van der Waals surface area contributed by atoms with Crippen LogP contribution in [0.4, 0.5) is 26.3 Å². The zero-order chi connectivity index (χ0) is 36.9. The van der Waals surface area contributed by atoms with Crippen LogP contribution >= 0.6 is 47.0 Å². The Kier molecular flexibility index (Phi) is 10.4. The molecule has 4 nitrogen and oxygen atoms in total. The van der Waals surface area contributed by atoms with Crippen molar-refractivity contribution in [3.63, 3.8) is 0 Å². The van der Waals surface area contributed by atoms with Crippen molar-refractivity contribution in [2.45, 2.75) is 174 Å². The molecule has 8 unspecified atom stereocenters. The Bertz CT molecular complexity index is 1510. The zero-order valence-corrected chi connectivity index (χ0v) is 33.9. The first-order valence-corrected chi connectivity index (χ1v) is 23.9. The van der Waals surface area contributed by atoms with E-state index in [0.717, 1.165) is 17.9 Å². The van der Waals surface area contributed by atoms with E-state index in [4.69, 9.17) is 20.0 Å². The van der Waals surface area contributed by atoms with Crippen LogP contribution in [-0.2, 0) is 0 Å². The fourth-order valence-electron chi connectivity index (χ4n) is 11.9. The maximum atomic E-state index is 14.8. The van der Waals surface area contributed by atoms with Gasteiger partial charge in [-0.1, -0.05) is 19.8 Å². The van der Waals surface area contributed by atoms with Crippen LogP contribution in [0, 0.1) is 40.9 Å². The second kappa shape index (κ2) is 14.5. The molecule has 9 rings (SSSR count). The molecule has 0 aromatic heterocycles. The highest BCUT2D eigenvalue weighted by Crippen LogP contribution is 2.65. The van der Waals surface area contributed by atoms with Crippen LogP contribution in [0.1, 0.15) is 117 Å². The smallest absolute Gasteiger partial charge is 0.279 e. The highest BCUT2D eigenvalue weighted by Gasteiger charge is 2.76. The lowest BCUT2D eigenvalue weighted by atomic mass is 9.56. The third kappa shape index (κ3) is 6.92. The number of aliphatic imine (C=N–C) groups is 4. The third-order valence-corrected chi connectivity index (χ3v) is 20.4. The molecule has 0 aromatic rings. The van der Waals surface area contributed by atoms with Gasteiger partial charge >= 0.3 is 12.4 Å². The molecule has 0 radical (unpaired) electrons.